The average molecular weight is 296 g/mol. The second kappa shape index (κ2) is 6.15. The summed E-state index contributed by atoms with van der Waals surface area (Å²) in [4.78, 5) is 14.2. The van der Waals surface area contributed by atoms with Crippen LogP contribution in [0, 0.1) is 11.8 Å². The standard InChI is InChI=1S/C17H32N2O2/c1-13(2)9-14-10-17(18-11-14)7-6-8-19(12-17)15(20)21-16(3,4)5/h13-14,18H,6-12H2,1-5H3. The molecule has 2 aliphatic rings. The van der Waals surface area contributed by atoms with Crippen molar-refractivity contribution < 1.29 is 9.53 Å². The number of nitrogens with zero attached hydrogens (tertiary/aromatic N) is 1. The van der Waals surface area contributed by atoms with E-state index in [2.05, 4.69) is 19.2 Å². The van der Waals surface area contributed by atoms with Gasteiger partial charge in [0, 0.05) is 18.6 Å². The molecule has 4 heteroatoms. The number of amides is 1. The first-order valence-electron chi connectivity index (χ1n) is 8.42. The first kappa shape index (κ1) is 16.6. The molecule has 21 heavy (non-hydrogen) atoms. The van der Waals surface area contributed by atoms with E-state index in [1.165, 1.54) is 19.3 Å². The minimum atomic E-state index is -0.412. The fourth-order valence-corrected chi connectivity index (χ4v) is 3.82. The van der Waals surface area contributed by atoms with E-state index in [4.69, 9.17) is 4.74 Å². The first-order chi connectivity index (χ1) is 9.69. The Bertz CT molecular complexity index is 375. The topological polar surface area (TPSA) is 41.6 Å². The molecular formula is C17H32N2O2. The zero-order valence-corrected chi connectivity index (χ0v) is 14.4. The molecule has 1 spiro atoms. The Morgan fingerprint density at radius 1 is 1.43 bits per heavy atom. The van der Waals surface area contributed by atoms with Gasteiger partial charge in [0.1, 0.15) is 5.60 Å². The molecule has 122 valence electrons. The maximum absolute atomic E-state index is 12.3. The van der Waals surface area contributed by atoms with E-state index in [1.54, 1.807) is 0 Å². The minimum absolute atomic E-state index is 0.134. The molecule has 2 aliphatic heterocycles. The van der Waals surface area contributed by atoms with Crippen molar-refractivity contribution in [2.75, 3.05) is 19.6 Å². The Kier molecular flexibility index (Phi) is 4.86. The summed E-state index contributed by atoms with van der Waals surface area (Å²) in [6, 6.07) is 0. The van der Waals surface area contributed by atoms with Crippen molar-refractivity contribution in [3.05, 3.63) is 0 Å². The zero-order valence-electron chi connectivity index (χ0n) is 14.4. The van der Waals surface area contributed by atoms with Crippen LogP contribution in [0.5, 0.6) is 0 Å². The van der Waals surface area contributed by atoms with E-state index in [0.717, 1.165) is 37.9 Å². The third-order valence-corrected chi connectivity index (χ3v) is 4.48. The van der Waals surface area contributed by atoms with Crippen LogP contribution in [0.1, 0.15) is 60.3 Å². The van der Waals surface area contributed by atoms with Crippen LogP contribution >= 0.6 is 0 Å². The van der Waals surface area contributed by atoms with E-state index in [-0.39, 0.29) is 11.6 Å². The van der Waals surface area contributed by atoms with Gasteiger partial charge in [0.15, 0.2) is 0 Å². The Morgan fingerprint density at radius 2 is 2.14 bits per heavy atom. The summed E-state index contributed by atoms with van der Waals surface area (Å²) in [7, 11) is 0. The molecule has 4 nitrogen and oxygen atoms in total. The van der Waals surface area contributed by atoms with Crippen molar-refractivity contribution in [3.63, 3.8) is 0 Å². The molecule has 1 N–H and O–H groups in total. The fraction of sp³-hybridized carbons (Fsp3) is 0.941. The molecule has 0 aromatic rings. The summed E-state index contributed by atoms with van der Waals surface area (Å²) >= 11 is 0. The van der Waals surface area contributed by atoms with Gasteiger partial charge in [0.05, 0.1) is 0 Å². The number of carbonyl (C=O) groups is 1. The predicted molar refractivity (Wildman–Crippen MR) is 85.3 cm³/mol. The summed E-state index contributed by atoms with van der Waals surface area (Å²) in [6.07, 6.45) is 4.57. The molecule has 0 aromatic carbocycles. The molecule has 0 saturated carbocycles. The number of piperidine rings is 1. The first-order valence-corrected chi connectivity index (χ1v) is 8.42. The molecule has 2 heterocycles. The van der Waals surface area contributed by atoms with Gasteiger partial charge in [-0.15, -0.1) is 0 Å². The number of carbonyl (C=O) groups excluding carboxylic acids is 1. The zero-order chi connectivity index (χ0) is 15.7. The van der Waals surface area contributed by atoms with Gasteiger partial charge in [-0.1, -0.05) is 13.8 Å². The Balaban J connectivity index is 1.93. The molecule has 2 rings (SSSR count). The predicted octanol–water partition coefficient (Wildman–Crippen LogP) is 3.41. The van der Waals surface area contributed by atoms with Gasteiger partial charge < -0.3 is 15.0 Å². The maximum atomic E-state index is 12.3. The summed E-state index contributed by atoms with van der Waals surface area (Å²) in [5, 5.41) is 3.73. The molecule has 0 aromatic heterocycles. The van der Waals surface area contributed by atoms with Gasteiger partial charge in [-0.3, -0.25) is 0 Å². The van der Waals surface area contributed by atoms with Crippen molar-refractivity contribution in [2.45, 2.75) is 71.4 Å². The van der Waals surface area contributed by atoms with E-state index in [1.807, 2.05) is 25.7 Å². The highest BCUT2D eigenvalue weighted by Gasteiger charge is 2.43. The van der Waals surface area contributed by atoms with Crippen LogP contribution in [-0.4, -0.2) is 41.8 Å². The average Bonchev–Trinajstić information content (AvgIpc) is 2.69. The van der Waals surface area contributed by atoms with Crippen molar-refractivity contribution >= 4 is 6.09 Å². The molecule has 0 radical (unpaired) electrons. The van der Waals surface area contributed by atoms with Crippen molar-refractivity contribution in [3.8, 4) is 0 Å². The lowest BCUT2D eigenvalue weighted by Gasteiger charge is -2.41. The number of likely N-dealkylation sites (tertiary alicyclic amines) is 1. The fourth-order valence-electron chi connectivity index (χ4n) is 3.82. The van der Waals surface area contributed by atoms with Gasteiger partial charge >= 0.3 is 6.09 Å². The lowest BCUT2D eigenvalue weighted by molar-refractivity contribution is 0.0121. The highest BCUT2D eigenvalue weighted by Crippen LogP contribution is 2.35. The number of rotatable bonds is 2. The maximum Gasteiger partial charge on any atom is 0.410 e. The van der Waals surface area contributed by atoms with Gasteiger partial charge in [-0.2, -0.15) is 0 Å². The normalized spacial score (nSPS) is 30.2. The van der Waals surface area contributed by atoms with Crippen LogP contribution in [0.3, 0.4) is 0 Å². The van der Waals surface area contributed by atoms with Gasteiger partial charge in [0.25, 0.3) is 0 Å². The summed E-state index contributed by atoms with van der Waals surface area (Å²) in [6.45, 7) is 13.1. The van der Waals surface area contributed by atoms with Crippen LogP contribution in [0.25, 0.3) is 0 Å². The summed E-state index contributed by atoms with van der Waals surface area (Å²) < 4.78 is 5.53. The monoisotopic (exact) mass is 296 g/mol. The molecule has 2 fully saturated rings. The molecule has 2 atom stereocenters. The van der Waals surface area contributed by atoms with Crippen molar-refractivity contribution in [2.24, 2.45) is 11.8 Å². The Labute approximate surface area is 129 Å². The third kappa shape index (κ3) is 4.60. The molecule has 0 bridgehead atoms. The Hall–Kier alpha value is -0.770. The molecular weight excluding hydrogens is 264 g/mol. The van der Waals surface area contributed by atoms with Crippen LogP contribution in [0.2, 0.25) is 0 Å². The Morgan fingerprint density at radius 3 is 2.76 bits per heavy atom. The van der Waals surface area contributed by atoms with E-state index < -0.39 is 5.60 Å². The smallest absolute Gasteiger partial charge is 0.410 e. The van der Waals surface area contributed by atoms with Gasteiger partial charge in [-0.05, 0) is 64.8 Å². The van der Waals surface area contributed by atoms with Crippen LogP contribution in [0.4, 0.5) is 4.79 Å². The van der Waals surface area contributed by atoms with Crippen LogP contribution in [-0.2, 0) is 4.74 Å². The minimum Gasteiger partial charge on any atom is -0.444 e. The SMILES string of the molecule is CC(C)CC1CNC2(CCCN(C(=O)OC(C)(C)C)C2)C1. The van der Waals surface area contributed by atoms with Crippen molar-refractivity contribution in [1.82, 2.24) is 10.2 Å². The lowest BCUT2D eigenvalue weighted by atomic mass is 9.83. The molecule has 1 amide bonds. The summed E-state index contributed by atoms with van der Waals surface area (Å²) in [5.41, 5.74) is -0.278. The van der Waals surface area contributed by atoms with Crippen LogP contribution in [0.15, 0.2) is 0 Å². The highest BCUT2D eigenvalue weighted by molar-refractivity contribution is 5.68. The quantitative estimate of drug-likeness (QED) is 0.849. The molecule has 0 aliphatic carbocycles. The number of hydrogen-bond donors (Lipinski definition) is 1. The number of ether oxygens (including phenoxy) is 1. The second-order valence-corrected chi connectivity index (χ2v) is 8.37. The van der Waals surface area contributed by atoms with Gasteiger partial charge in [-0.25, -0.2) is 4.79 Å². The van der Waals surface area contributed by atoms with Crippen LogP contribution < -0.4 is 5.32 Å². The number of hydrogen-bond acceptors (Lipinski definition) is 3. The highest BCUT2D eigenvalue weighted by atomic mass is 16.6. The van der Waals surface area contributed by atoms with E-state index in [0.29, 0.717) is 0 Å². The molecule has 2 saturated heterocycles. The summed E-state index contributed by atoms with van der Waals surface area (Å²) in [5.74, 6) is 1.50. The van der Waals surface area contributed by atoms with Gasteiger partial charge in [0.2, 0.25) is 0 Å². The largest absolute Gasteiger partial charge is 0.444 e. The van der Waals surface area contributed by atoms with Crippen molar-refractivity contribution in [1.29, 1.82) is 0 Å². The van der Waals surface area contributed by atoms with E-state index in [9.17, 15) is 4.79 Å². The molecule has 2 unspecified atom stereocenters. The second-order valence-electron chi connectivity index (χ2n) is 8.37. The lowest BCUT2D eigenvalue weighted by Crippen LogP contribution is -2.56. The van der Waals surface area contributed by atoms with E-state index >= 15 is 0 Å². The number of nitrogens with one attached hydrogen (secondary N) is 1. The third-order valence-electron chi connectivity index (χ3n) is 4.48.